The first-order chi connectivity index (χ1) is 9.94. The zero-order chi connectivity index (χ0) is 15.6. The minimum absolute atomic E-state index is 0.366. The Balaban J connectivity index is 2.67. The molecule has 0 amide bonds. The first-order valence-corrected chi connectivity index (χ1v) is 6.49. The van der Waals surface area contributed by atoms with Gasteiger partial charge in [-0.25, -0.2) is 4.79 Å². The summed E-state index contributed by atoms with van der Waals surface area (Å²) >= 11 is 0. The fourth-order valence-electron chi connectivity index (χ4n) is 2.56. The number of ether oxygens (including phenoxy) is 2. The fourth-order valence-corrected chi connectivity index (χ4v) is 2.56. The van der Waals surface area contributed by atoms with Gasteiger partial charge < -0.3 is 9.47 Å². The van der Waals surface area contributed by atoms with Crippen molar-refractivity contribution in [3.05, 3.63) is 47.5 Å². The molecule has 21 heavy (non-hydrogen) atoms. The van der Waals surface area contributed by atoms with Crippen molar-refractivity contribution in [2.24, 2.45) is 0 Å². The van der Waals surface area contributed by atoms with E-state index in [0.29, 0.717) is 11.1 Å². The molecule has 1 heterocycles. The Labute approximate surface area is 122 Å². The summed E-state index contributed by atoms with van der Waals surface area (Å²) in [5.74, 6) is -1.72. The third-order valence-corrected chi connectivity index (χ3v) is 3.68. The summed E-state index contributed by atoms with van der Waals surface area (Å²) in [6, 6.07) is 8.49. The molecular formula is C16H16O5. The van der Waals surface area contributed by atoms with Gasteiger partial charge in [-0.3, -0.25) is 9.59 Å². The first-order valence-electron chi connectivity index (χ1n) is 6.49. The van der Waals surface area contributed by atoms with Gasteiger partial charge in [-0.1, -0.05) is 30.3 Å². The number of cyclic esters (lactones) is 1. The third-order valence-electron chi connectivity index (χ3n) is 3.68. The van der Waals surface area contributed by atoms with Crippen molar-refractivity contribution >= 4 is 17.7 Å². The van der Waals surface area contributed by atoms with Gasteiger partial charge in [0, 0.05) is 5.57 Å². The van der Waals surface area contributed by atoms with Gasteiger partial charge in [0.25, 0.3) is 0 Å². The van der Waals surface area contributed by atoms with E-state index in [2.05, 4.69) is 0 Å². The average molecular weight is 288 g/mol. The molecule has 1 aliphatic heterocycles. The topological polar surface area (TPSA) is 69.7 Å². The number of rotatable bonds is 4. The molecule has 110 valence electrons. The molecule has 5 nitrogen and oxygen atoms in total. The monoisotopic (exact) mass is 288 g/mol. The van der Waals surface area contributed by atoms with Crippen LogP contribution in [0, 0.1) is 0 Å². The molecule has 0 saturated carbocycles. The standard InChI is InChI=1S/C16H16O5/c1-10-9-13(21-14(10)18)16(11(2)17,15(19)20-3)12-7-5-4-6-8-12/h4-9,13H,1-3H3. The average Bonchev–Trinajstić information content (AvgIpc) is 2.80. The van der Waals surface area contributed by atoms with Crippen molar-refractivity contribution in [3.8, 4) is 0 Å². The van der Waals surface area contributed by atoms with E-state index in [1.54, 1.807) is 37.3 Å². The van der Waals surface area contributed by atoms with Crippen molar-refractivity contribution in [2.75, 3.05) is 7.11 Å². The number of hydrogen-bond acceptors (Lipinski definition) is 5. The molecule has 0 saturated heterocycles. The summed E-state index contributed by atoms with van der Waals surface area (Å²) in [5.41, 5.74) is -0.873. The SMILES string of the molecule is COC(=O)C(C(C)=O)(c1ccccc1)C1C=C(C)C(=O)O1. The number of carbonyl (C=O) groups excluding carboxylic acids is 3. The van der Waals surface area contributed by atoms with Crippen molar-refractivity contribution in [1.29, 1.82) is 0 Å². The first kappa shape index (κ1) is 15.0. The van der Waals surface area contributed by atoms with Crippen LogP contribution in [0.4, 0.5) is 0 Å². The Kier molecular flexibility index (Phi) is 3.93. The minimum Gasteiger partial charge on any atom is -0.468 e. The van der Waals surface area contributed by atoms with Crippen LogP contribution >= 0.6 is 0 Å². The third kappa shape index (κ3) is 2.24. The van der Waals surface area contributed by atoms with Crippen molar-refractivity contribution < 1.29 is 23.9 Å². The zero-order valence-electron chi connectivity index (χ0n) is 12.1. The van der Waals surface area contributed by atoms with Crippen molar-refractivity contribution in [3.63, 3.8) is 0 Å². The predicted molar refractivity (Wildman–Crippen MR) is 74.5 cm³/mol. The lowest BCUT2D eigenvalue weighted by atomic mass is 9.72. The second-order valence-electron chi connectivity index (χ2n) is 4.90. The van der Waals surface area contributed by atoms with Crippen LogP contribution < -0.4 is 0 Å². The highest BCUT2D eigenvalue weighted by atomic mass is 16.6. The van der Waals surface area contributed by atoms with Gasteiger partial charge in [0.1, 0.15) is 6.10 Å². The summed E-state index contributed by atoms with van der Waals surface area (Å²) in [7, 11) is 1.20. The van der Waals surface area contributed by atoms with Crippen LogP contribution in [0.15, 0.2) is 42.0 Å². The normalized spacial score (nSPS) is 20.2. The Bertz CT molecular complexity index is 617. The molecular weight excluding hydrogens is 272 g/mol. The summed E-state index contributed by atoms with van der Waals surface area (Å²) in [6.45, 7) is 2.87. The maximum absolute atomic E-state index is 12.4. The van der Waals surface area contributed by atoms with Gasteiger partial charge in [-0.05, 0) is 25.5 Å². The second-order valence-corrected chi connectivity index (χ2v) is 4.90. The lowest BCUT2D eigenvalue weighted by molar-refractivity contribution is -0.160. The molecule has 0 fully saturated rings. The molecule has 2 rings (SSSR count). The van der Waals surface area contributed by atoms with E-state index < -0.39 is 29.2 Å². The molecule has 0 radical (unpaired) electrons. The van der Waals surface area contributed by atoms with Crippen LogP contribution in [0.3, 0.4) is 0 Å². The second kappa shape index (κ2) is 5.52. The van der Waals surface area contributed by atoms with Crippen molar-refractivity contribution in [1.82, 2.24) is 0 Å². The lowest BCUT2D eigenvalue weighted by Crippen LogP contribution is -2.52. The Morgan fingerprint density at radius 3 is 2.29 bits per heavy atom. The molecule has 5 heteroatoms. The van der Waals surface area contributed by atoms with Gasteiger partial charge in [0.05, 0.1) is 7.11 Å². The Morgan fingerprint density at radius 2 is 1.86 bits per heavy atom. The Hall–Kier alpha value is -2.43. The number of carbonyl (C=O) groups is 3. The van der Waals surface area contributed by atoms with E-state index in [4.69, 9.17) is 9.47 Å². The summed E-state index contributed by atoms with van der Waals surface area (Å²) in [4.78, 5) is 36.4. The maximum Gasteiger partial charge on any atom is 0.334 e. The van der Waals surface area contributed by atoms with E-state index in [1.807, 2.05) is 0 Å². The molecule has 0 bridgehead atoms. The molecule has 0 spiro atoms. The van der Waals surface area contributed by atoms with Crippen LogP contribution in [0.2, 0.25) is 0 Å². The fraction of sp³-hybridized carbons (Fsp3) is 0.312. The van der Waals surface area contributed by atoms with Gasteiger partial charge in [0.15, 0.2) is 11.2 Å². The molecule has 0 N–H and O–H groups in total. The predicted octanol–water partition coefficient (Wildman–Crippen LogP) is 1.56. The number of Topliss-reactive ketones (excluding diaryl/α,β-unsaturated/α-hetero) is 1. The van der Waals surface area contributed by atoms with Gasteiger partial charge in [0.2, 0.25) is 0 Å². The molecule has 1 aliphatic rings. The van der Waals surface area contributed by atoms with E-state index in [0.717, 1.165) is 0 Å². The van der Waals surface area contributed by atoms with Crippen LogP contribution in [0.5, 0.6) is 0 Å². The molecule has 0 aromatic heterocycles. The molecule has 1 aromatic carbocycles. The van der Waals surface area contributed by atoms with E-state index in [-0.39, 0.29) is 0 Å². The van der Waals surface area contributed by atoms with Gasteiger partial charge >= 0.3 is 11.9 Å². The lowest BCUT2D eigenvalue weighted by Gasteiger charge is -2.32. The quantitative estimate of drug-likeness (QED) is 0.621. The summed E-state index contributed by atoms with van der Waals surface area (Å²) < 4.78 is 10.1. The smallest absolute Gasteiger partial charge is 0.334 e. The highest BCUT2D eigenvalue weighted by molar-refractivity contribution is 6.11. The van der Waals surface area contributed by atoms with Crippen LogP contribution in [-0.2, 0) is 29.3 Å². The van der Waals surface area contributed by atoms with E-state index >= 15 is 0 Å². The highest BCUT2D eigenvalue weighted by Crippen LogP contribution is 2.36. The van der Waals surface area contributed by atoms with Gasteiger partial charge in [-0.2, -0.15) is 0 Å². The highest BCUT2D eigenvalue weighted by Gasteiger charge is 2.55. The van der Waals surface area contributed by atoms with Crippen LogP contribution in [-0.4, -0.2) is 30.9 Å². The van der Waals surface area contributed by atoms with Gasteiger partial charge in [-0.15, -0.1) is 0 Å². The minimum atomic E-state index is -1.68. The maximum atomic E-state index is 12.4. The number of methoxy groups -OCH3 is 1. The molecule has 1 aromatic rings. The van der Waals surface area contributed by atoms with E-state index in [9.17, 15) is 14.4 Å². The zero-order valence-corrected chi connectivity index (χ0v) is 12.1. The van der Waals surface area contributed by atoms with Crippen LogP contribution in [0.1, 0.15) is 19.4 Å². The molecule has 2 unspecified atom stereocenters. The van der Waals surface area contributed by atoms with Crippen LogP contribution in [0.25, 0.3) is 0 Å². The largest absolute Gasteiger partial charge is 0.468 e. The number of hydrogen-bond donors (Lipinski definition) is 0. The molecule has 0 aliphatic carbocycles. The summed E-state index contributed by atoms with van der Waals surface area (Å²) in [5, 5.41) is 0. The molecule has 2 atom stereocenters. The van der Waals surface area contributed by atoms with E-state index in [1.165, 1.54) is 20.1 Å². The summed E-state index contributed by atoms with van der Waals surface area (Å²) in [6.07, 6.45) is 0.491. The van der Waals surface area contributed by atoms with Crippen molar-refractivity contribution in [2.45, 2.75) is 25.4 Å². The number of esters is 2. The Morgan fingerprint density at radius 1 is 1.24 bits per heavy atom. The number of benzene rings is 1. The number of ketones is 1.